The summed E-state index contributed by atoms with van der Waals surface area (Å²) in [5, 5.41) is 0.829. The van der Waals surface area contributed by atoms with Crippen LogP contribution in [0.25, 0.3) is 10.9 Å². The Bertz CT molecular complexity index is 601. The van der Waals surface area contributed by atoms with Crippen LogP contribution in [0.3, 0.4) is 0 Å². The summed E-state index contributed by atoms with van der Waals surface area (Å²) in [6.45, 7) is 3.64. The molecule has 0 radical (unpaired) electrons. The van der Waals surface area contributed by atoms with Gasteiger partial charge in [0.05, 0.1) is 24.8 Å². The van der Waals surface area contributed by atoms with Crippen LogP contribution in [0.2, 0.25) is 0 Å². The van der Waals surface area contributed by atoms with Gasteiger partial charge in [0.1, 0.15) is 18.5 Å². The third-order valence-corrected chi connectivity index (χ3v) is 3.09. The maximum Gasteiger partial charge on any atom is 0.319 e. The number of fused-ring (bicyclic) bond motifs is 1. The Labute approximate surface area is 116 Å². The first-order valence-electron chi connectivity index (χ1n) is 6.60. The average Bonchev–Trinajstić information content (AvgIpc) is 2.41. The lowest BCUT2D eigenvalue weighted by Crippen LogP contribution is -2.39. The van der Waals surface area contributed by atoms with E-state index in [9.17, 15) is 0 Å². The number of hydrogen-bond donors (Lipinski definition) is 1. The highest BCUT2D eigenvalue weighted by Gasteiger charge is 2.21. The number of rotatable bonds is 5. The standard InChI is InChI=1S/C14H17N3O3/c1-9(20-10-7-18-8-10)6-19-14-16-12-5-3-2-4-11(12)13(15)17-14/h2-5,9-10H,6-8H2,1H3,(H2,15,16,17)/t9-/m0/s1. The Morgan fingerprint density at radius 3 is 2.90 bits per heavy atom. The number of benzene rings is 1. The van der Waals surface area contributed by atoms with Crippen molar-refractivity contribution in [2.45, 2.75) is 19.1 Å². The van der Waals surface area contributed by atoms with E-state index in [1.807, 2.05) is 31.2 Å². The molecule has 1 atom stereocenters. The van der Waals surface area contributed by atoms with Gasteiger partial charge < -0.3 is 19.9 Å². The monoisotopic (exact) mass is 275 g/mol. The quantitative estimate of drug-likeness (QED) is 0.888. The zero-order valence-corrected chi connectivity index (χ0v) is 11.3. The summed E-state index contributed by atoms with van der Waals surface area (Å²) in [5.74, 6) is 0.423. The Morgan fingerprint density at radius 1 is 1.35 bits per heavy atom. The van der Waals surface area contributed by atoms with Crippen molar-refractivity contribution in [3.05, 3.63) is 24.3 Å². The highest BCUT2D eigenvalue weighted by molar-refractivity contribution is 5.88. The maximum atomic E-state index is 5.90. The van der Waals surface area contributed by atoms with Gasteiger partial charge in [-0.05, 0) is 19.1 Å². The number of aromatic nitrogens is 2. The molecule has 1 fully saturated rings. The van der Waals surface area contributed by atoms with Gasteiger partial charge in [0.15, 0.2) is 0 Å². The number of ether oxygens (including phenoxy) is 3. The van der Waals surface area contributed by atoms with Crippen molar-refractivity contribution in [3.63, 3.8) is 0 Å². The molecule has 6 heteroatoms. The molecule has 2 N–H and O–H groups in total. The molecule has 1 aliphatic heterocycles. The van der Waals surface area contributed by atoms with E-state index in [4.69, 9.17) is 19.9 Å². The SMILES string of the molecule is C[C@@H](COc1nc(N)c2ccccc2n1)OC1COC1. The topological polar surface area (TPSA) is 79.5 Å². The van der Waals surface area contributed by atoms with Gasteiger partial charge in [-0.3, -0.25) is 0 Å². The lowest BCUT2D eigenvalue weighted by molar-refractivity contribution is -0.156. The van der Waals surface area contributed by atoms with E-state index >= 15 is 0 Å². The molecule has 1 saturated heterocycles. The van der Waals surface area contributed by atoms with Gasteiger partial charge in [0.25, 0.3) is 0 Å². The maximum absolute atomic E-state index is 5.90. The number of nitrogen functional groups attached to an aromatic ring is 1. The number of nitrogens with zero attached hydrogens (tertiary/aromatic N) is 2. The van der Waals surface area contributed by atoms with Crippen LogP contribution in [-0.4, -0.2) is 42.0 Å². The van der Waals surface area contributed by atoms with Gasteiger partial charge in [-0.2, -0.15) is 9.97 Å². The lowest BCUT2D eigenvalue weighted by Gasteiger charge is -2.28. The van der Waals surface area contributed by atoms with Crippen molar-refractivity contribution in [3.8, 4) is 6.01 Å². The lowest BCUT2D eigenvalue weighted by atomic mass is 10.2. The van der Waals surface area contributed by atoms with E-state index in [2.05, 4.69) is 9.97 Å². The van der Waals surface area contributed by atoms with Gasteiger partial charge in [-0.1, -0.05) is 12.1 Å². The van der Waals surface area contributed by atoms with Gasteiger partial charge >= 0.3 is 6.01 Å². The van der Waals surface area contributed by atoms with Crippen LogP contribution in [0, 0.1) is 0 Å². The summed E-state index contributed by atoms with van der Waals surface area (Å²) in [6, 6.07) is 7.85. The van der Waals surface area contributed by atoms with Crippen molar-refractivity contribution in [2.75, 3.05) is 25.6 Å². The third kappa shape index (κ3) is 2.81. The molecule has 1 aliphatic rings. The third-order valence-electron chi connectivity index (χ3n) is 3.09. The number of nitrogens with two attached hydrogens (primary N) is 1. The van der Waals surface area contributed by atoms with Crippen LogP contribution in [0.5, 0.6) is 6.01 Å². The molecule has 2 aromatic rings. The normalized spacial score (nSPS) is 16.9. The summed E-state index contributed by atoms with van der Waals surface area (Å²) in [6.07, 6.45) is 0.136. The fourth-order valence-corrected chi connectivity index (χ4v) is 2.00. The van der Waals surface area contributed by atoms with Gasteiger partial charge in [-0.25, -0.2) is 0 Å². The molecule has 0 saturated carbocycles. The zero-order chi connectivity index (χ0) is 13.9. The largest absolute Gasteiger partial charge is 0.461 e. The molecule has 0 spiro atoms. The zero-order valence-electron chi connectivity index (χ0n) is 11.3. The first-order valence-corrected chi connectivity index (χ1v) is 6.60. The smallest absolute Gasteiger partial charge is 0.319 e. The molecular formula is C14H17N3O3. The molecular weight excluding hydrogens is 258 g/mol. The van der Waals surface area contributed by atoms with Gasteiger partial charge in [0.2, 0.25) is 0 Å². The molecule has 0 bridgehead atoms. The summed E-state index contributed by atoms with van der Waals surface area (Å²) in [4.78, 5) is 8.48. The van der Waals surface area contributed by atoms with Crippen LogP contribution in [0.4, 0.5) is 5.82 Å². The number of hydrogen-bond acceptors (Lipinski definition) is 6. The summed E-state index contributed by atoms with van der Waals surface area (Å²) in [5.41, 5.74) is 6.67. The first kappa shape index (κ1) is 13.1. The van der Waals surface area contributed by atoms with E-state index < -0.39 is 0 Å². The highest BCUT2D eigenvalue weighted by Crippen LogP contribution is 2.20. The Hall–Kier alpha value is -1.92. The fraction of sp³-hybridized carbons (Fsp3) is 0.429. The second-order valence-corrected chi connectivity index (χ2v) is 4.83. The Kier molecular flexibility index (Phi) is 3.66. The molecule has 0 aliphatic carbocycles. The molecule has 3 rings (SSSR count). The van der Waals surface area contributed by atoms with E-state index in [0.29, 0.717) is 25.6 Å². The fourth-order valence-electron chi connectivity index (χ4n) is 2.00. The molecule has 1 aromatic carbocycles. The molecule has 20 heavy (non-hydrogen) atoms. The summed E-state index contributed by atoms with van der Waals surface area (Å²) < 4.78 is 16.3. The minimum absolute atomic E-state index is 0.0415. The van der Waals surface area contributed by atoms with E-state index in [1.165, 1.54) is 0 Å². The molecule has 6 nitrogen and oxygen atoms in total. The average molecular weight is 275 g/mol. The Balaban J connectivity index is 1.64. The van der Waals surface area contributed by atoms with Crippen LogP contribution in [0.1, 0.15) is 6.92 Å². The predicted octanol–water partition coefficient (Wildman–Crippen LogP) is 1.39. The molecule has 0 amide bonds. The van der Waals surface area contributed by atoms with E-state index in [0.717, 1.165) is 10.9 Å². The number of para-hydroxylation sites is 1. The Morgan fingerprint density at radius 2 is 2.15 bits per heavy atom. The van der Waals surface area contributed by atoms with Crippen LogP contribution < -0.4 is 10.5 Å². The van der Waals surface area contributed by atoms with Gasteiger partial charge in [0, 0.05) is 5.39 Å². The molecule has 0 unspecified atom stereocenters. The van der Waals surface area contributed by atoms with Crippen molar-refractivity contribution in [1.82, 2.24) is 9.97 Å². The summed E-state index contributed by atoms with van der Waals surface area (Å²) in [7, 11) is 0. The minimum atomic E-state index is -0.0415. The van der Waals surface area contributed by atoms with Gasteiger partial charge in [-0.15, -0.1) is 0 Å². The van der Waals surface area contributed by atoms with Crippen molar-refractivity contribution in [2.24, 2.45) is 0 Å². The second-order valence-electron chi connectivity index (χ2n) is 4.83. The van der Waals surface area contributed by atoms with E-state index in [-0.39, 0.29) is 18.2 Å². The molecule has 106 valence electrons. The van der Waals surface area contributed by atoms with Crippen LogP contribution in [0.15, 0.2) is 24.3 Å². The predicted molar refractivity (Wildman–Crippen MR) is 74.6 cm³/mol. The molecule has 2 heterocycles. The van der Waals surface area contributed by atoms with Crippen LogP contribution in [-0.2, 0) is 9.47 Å². The second kappa shape index (κ2) is 5.60. The summed E-state index contributed by atoms with van der Waals surface area (Å²) >= 11 is 0. The van der Waals surface area contributed by atoms with Crippen molar-refractivity contribution < 1.29 is 14.2 Å². The minimum Gasteiger partial charge on any atom is -0.461 e. The van der Waals surface area contributed by atoms with E-state index in [1.54, 1.807) is 0 Å². The molecule has 1 aromatic heterocycles. The van der Waals surface area contributed by atoms with Crippen molar-refractivity contribution in [1.29, 1.82) is 0 Å². The van der Waals surface area contributed by atoms with Crippen molar-refractivity contribution >= 4 is 16.7 Å². The highest BCUT2D eigenvalue weighted by atomic mass is 16.6. The number of anilines is 1. The first-order chi connectivity index (χ1) is 9.72. The van der Waals surface area contributed by atoms with Crippen LogP contribution >= 0.6 is 0 Å².